The summed E-state index contributed by atoms with van der Waals surface area (Å²) >= 11 is 0. The summed E-state index contributed by atoms with van der Waals surface area (Å²) in [4.78, 5) is 6.52. The van der Waals surface area contributed by atoms with E-state index in [2.05, 4.69) is 43.6 Å². The molecule has 3 nitrogen and oxygen atoms in total. The van der Waals surface area contributed by atoms with Gasteiger partial charge in [0.1, 0.15) is 6.07 Å². The lowest BCUT2D eigenvalue weighted by Crippen LogP contribution is -2.38. The number of nitrogens with zero attached hydrogens (tertiary/aromatic N) is 3. The maximum Gasteiger partial charge on any atom is 0.163 e. The van der Waals surface area contributed by atoms with Crippen molar-refractivity contribution < 1.29 is 0 Å². The average molecular weight is 245 g/mol. The van der Waals surface area contributed by atoms with Crippen LogP contribution >= 0.6 is 0 Å². The van der Waals surface area contributed by atoms with E-state index in [1.54, 1.807) is 6.20 Å². The van der Waals surface area contributed by atoms with Gasteiger partial charge in [0, 0.05) is 18.8 Å². The van der Waals surface area contributed by atoms with Crippen molar-refractivity contribution in [1.29, 1.82) is 5.26 Å². The second-order valence-corrected chi connectivity index (χ2v) is 5.00. The fourth-order valence-electron chi connectivity index (χ4n) is 2.28. The molecule has 1 heterocycles. The minimum atomic E-state index is 0.476. The molecule has 1 rings (SSSR count). The molecular formula is C15H23N3. The Morgan fingerprint density at radius 2 is 2.00 bits per heavy atom. The molecule has 0 amide bonds. The van der Waals surface area contributed by atoms with E-state index in [9.17, 15) is 5.26 Å². The van der Waals surface area contributed by atoms with Gasteiger partial charge in [-0.25, -0.2) is 4.98 Å². The number of hydrogen-bond donors (Lipinski definition) is 0. The van der Waals surface area contributed by atoms with Crippen LogP contribution in [0, 0.1) is 17.2 Å². The standard InChI is InChI=1S/C15H23N3/c1-5-13(6-2)18(11-12(3)4)15-8-7-9-17-14(15)10-16/h7-9,12-13H,5-6,11H2,1-4H3. The zero-order valence-electron chi connectivity index (χ0n) is 11.8. The molecule has 0 spiro atoms. The summed E-state index contributed by atoms with van der Waals surface area (Å²) in [5.41, 5.74) is 1.51. The molecule has 0 N–H and O–H groups in total. The van der Waals surface area contributed by atoms with E-state index in [1.165, 1.54) is 0 Å². The monoisotopic (exact) mass is 245 g/mol. The third kappa shape index (κ3) is 3.46. The number of anilines is 1. The number of pyridine rings is 1. The smallest absolute Gasteiger partial charge is 0.163 e. The molecule has 18 heavy (non-hydrogen) atoms. The second kappa shape index (κ2) is 7.00. The summed E-state index contributed by atoms with van der Waals surface area (Å²) in [6, 6.07) is 6.59. The van der Waals surface area contributed by atoms with Crippen molar-refractivity contribution in [2.24, 2.45) is 5.92 Å². The lowest BCUT2D eigenvalue weighted by atomic mass is 10.1. The quantitative estimate of drug-likeness (QED) is 0.768. The SMILES string of the molecule is CCC(CC)N(CC(C)C)c1cccnc1C#N. The lowest BCUT2D eigenvalue weighted by Gasteiger charge is -2.34. The highest BCUT2D eigenvalue weighted by Gasteiger charge is 2.19. The maximum atomic E-state index is 9.19. The minimum absolute atomic E-state index is 0.476. The van der Waals surface area contributed by atoms with Crippen molar-refractivity contribution in [3.05, 3.63) is 24.0 Å². The molecule has 0 aliphatic heterocycles. The highest BCUT2D eigenvalue weighted by atomic mass is 15.2. The zero-order valence-corrected chi connectivity index (χ0v) is 11.8. The summed E-state index contributed by atoms with van der Waals surface area (Å²) in [6.07, 6.45) is 3.86. The average Bonchev–Trinajstić information content (AvgIpc) is 2.38. The summed E-state index contributed by atoms with van der Waals surface area (Å²) in [7, 11) is 0. The Morgan fingerprint density at radius 1 is 1.33 bits per heavy atom. The van der Waals surface area contributed by atoms with E-state index in [0.717, 1.165) is 25.1 Å². The van der Waals surface area contributed by atoms with Crippen LogP contribution < -0.4 is 4.90 Å². The molecule has 0 fully saturated rings. The van der Waals surface area contributed by atoms with E-state index < -0.39 is 0 Å². The topological polar surface area (TPSA) is 39.9 Å². The van der Waals surface area contributed by atoms with Gasteiger partial charge in [0.2, 0.25) is 0 Å². The molecular weight excluding hydrogens is 222 g/mol. The molecule has 98 valence electrons. The van der Waals surface area contributed by atoms with Crippen LogP contribution in [0.3, 0.4) is 0 Å². The highest BCUT2D eigenvalue weighted by Crippen LogP contribution is 2.24. The Balaban J connectivity index is 3.12. The largest absolute Gasteiger partial charge is 0.366 e. The minimum Gasteiger partial charge on any atom is -0.366 e. The van der Waals surface area contributed by atoms with Gasteiger partial charge in [-0.2, -0.15) is 5.26 Å². The van der Waals surface area contributed by atoms with E-state index >= 15 is 0 Å². The first-order chi connectivity index (χ1) is 8.63. The summed E-state index contributed by atoms with van der Waals surface area (Å²) in [5.74, 6) is 0.567. The van der Waals surface area contributed by atoms with Gasteiger partial charge >= 0.3 is 0 Å². The lowest BCUT2D eigenvalue weighted by molar-refractivity contribution is 0.506. The molecule has 0 saturated carbocycles. The van der Waals surface area contributed by atoms with Gasteiger partial charge in [-0.15, -0.1) is 0 Å². The number of hydrogen-bond acceptors (Lipinski definition) is 3. The Kier molecular flexibility index (Phi) is 5.64. The molecule has 0 radical (unpaired) electrons. The van der Waals surface area contributed by atoms with Crippen LogP contribution in [0.15, 0.2) is 18.3 Å². The van der Waals surface area contributed by atoms with E-state index in [4.69, 9.17) is 0 Å². The van der Waals surface area contributed by atoms with Crippen molar-refractivity contribution in [1.82, 2.24) is 4.98 Å². The zero-order chi connectivity index (χ0) is 13.5. The van der Waals surface area contributed by atoms with Gasteiger partial charge in [-0.05, 0) is 30.9 Å². The van der Waals surface area contributed by atoms with Gasteiger partial charge in [-0.1, -0.05) is 27.7 Å². The Labute approximate surface area is 110 Å². The molecule has 0 aliphatic rings. The van der Waals surface area contributed by atoms with E-state index in [-0.39, 0.29) is 0 Å². The van der Waals surface area contributed by atoms with Gasteiger partial charge in [0.05, 0.1) is 5.69 Å². The van der Waals surface area contributed by atoms with Gasteiger partial charge in [0.15, 0.2) is 5.69 Å². The Hall–Kier alpha value is -1.56. The maximum absolute atomic E-state index is 9.19. The molecule has 3 heteroatoms. The van der Waals surface area contributed by atoms with Crippen molar-refractivity contribution in [3.63, 3.8) is 0 Å². The molecule has 0 unspecified atom stereocenters. The normalized spacial score (nSPS) is 10.7. The molecule has 1 aromatic rings. The van der Waals surface area contributed by atoms with Crippen molar-refractivity contribution in [2.45, 2.75) is 46.6 Å². The van der Waals surface area contributed by atoms with Crippen LogP contribution in [0.5, 0.6) is 0 Å². The molecule has 0 bridgehead atoms. The molecule has 0 aromatic carbocycles. The fourth-order valence-corrected chi connectivity index (χ4v) is 2.28. The second-order valence-electron chi connectivity index (χ2n) is 5.00. The summed E-state index contributed by atoms with van der Waals surface area (Å²) < 4.78 is 0. The predicted molar refractivity (Wildman–Crippen MR) is 75.5 cm³/mol. The third-order valence-corrected chi connectivity index (χ3v) is 3.15. The van der Waals surface area contributed by atoms with Crippen LogP contribution in [-0.4, -0.2) is 17.6 Å². The van der Waals surface area contributed by atoms with Crippen LogP contribution in [0.1, 0.15) is 46.2 Å². The molecule has 1 aromatic heterocycles. The fraction of sp³-hybridized carbons (Fsp3) is 0.600. The predicted octanol–water partition coefficient (Wildman–Crippen LogP) is 3.60. The molecule has 0 aliphatic carbocycles. The Morgan fingerprint density at radius 3 is 2.50 bits per heavy atom. The van der Waals surface area contributed by atoms with Crippen LogP contribution in [-0.2, 0) is 0 Å². The first-order valence-electron chi connectivity index (χ1n) is 6.75. The Bertz CT molecular complexity index is 402. The molecule has 0 atom stereocenters. The van der Waals surface area contributed by atoms with Crippen LogP contribution in [0.2, 0.25) is 0 Å². The van der Waals surface area contributed by atoms with Gasteiger partial charge in [0.25, 0.3) is 0 Å². The third-order valence-electron chi connectivity index (χ3n) is 3.15. The highest BCUT2D eigenvalue weighted by molar-refractivity contribution is 5.56. The van der Waals surface area contributed by atoms with Gasteiger partial charge in [-0.3, -0.25) is 0 Å². The molecule has 0 saturated heterocycles. The number of nitriles is 1. The number of rotatable bonds is 6. The van der Waals surface area contributed by atoms with Crippen molar-refractivity contribution >= 4 is 5.69 Å². The van der Waals surface area contributed by atoms with Crippen LogP contribution in [0.4, 0.5) is 5.69 Å². The van der Waals surface area contributed by atoms with Gasteiger partial charge < -0.3 is 4.90 Å². The number of aromatic nitrogens is 1. The van der Waals surface area contributed by atoms with E-state index in [1.807, 2.05) is 12.1 Å². The first kappa shape index (κ1) is 14.5. The first-order valence-corrected chi connectivity index (χ1v) is 6.75. The summed E-state index contributed by atoms with van der Waals surface area (Å²) in [5, 5.41) is 9.19. The van der Waals surface area contributed by atoms with E-state index in [0.29, 0.717) is 17.7 Å². The van der Waals surface area contributed by atoms with Crippen molar-refractivity contribution in [3.8, 4) is 6.07 Å². The summed E-state index contributed by atoms with van der Waals surface area (Å²) in [6.45, 7) is 9.77. The van der Waals surface area contributed by atoms with Crippen molar-refractivity contribution in [2.75, 3.05) is 11.4 Å². The van der Waals surface area contributed by atoms with Crippen LogP contribution in [0.25, 0.3) is 0 Å².